The molecule has 29 heavy (non-hydrogen) atoms. The molecule has 0 spiro atoms. The Balaban J connectivity index is 1.56. The van der Waals surface area contributed by atoms with Crippen LogP contribution in [-0.4, -0.2) is 21.4 Å². The van der Waals surface area contributed by atoms with E-state index in [0.29, 0.717) is 11.1 Å². The lowest BCUT2D eigenvalue weighted by Crippen LogP contribution is -2.22. The number of amides is 1. The smallest absolute Gasteiger partial charge is 0.277 e. The maximum atomic E-state index is 12.5. The Hall–Kier alpha value is -2.80. The van der Waals surface area contributed by atoms with Crippen molar-refractivity contribution in [2.24, 2.45) is 0 Å². The zero-order valence-electron chi connectivity index (χ0n) is 17.3. The molecule has 0 fully saturated rings. The lowest BCUT2D eigenvalue weighted by atomic mass is 10.1. The molecule has 1 aromatic heterocycles. The van der Waals surface area contributed by atoms with E-state index < -0.39 is 0 Å². The molecule has 152 valence electrons. The SMILES string of the molecule is Cc1ccc(C)c(NC(=O)C(C)Sc2nnc(COc3cc(C)ccc3C)o2)c1. The maximum Gasteiger partial charge on any atom is 0.277 e. The van der Waals surface area contributed by atoms with Crippen LogP contribution in [0.3, 0.4) is 0 Å². The van der Waals surface area contributed by atoms with Gasteiger partial charge in [0.25, 0.3) is 11.1 Å². The van der Waals surface area contributed by atoms with Crippen molar-refractivity contribution in [3.8, 4) is 5.75 Å². The summed E-state index contributed by atoms with van der Waals surface area (Å²) in [6.07, 6.45) is 0. The zero-order valence-corrected chi connectivity index (χ0v) is 18.1. The lowest BCUT2D eigenvalue weighted by Gasteiger charge is -2.12. The molecule has 3 rings (SSSR count). The number of hydrogen-bond donors (Lipinski definition) is 1. The molecule has 3 aromatic rings. The molecule has 1 atom stereocenters. The van der Waals surface area contributed by atoms with Gasteiger partial charge in [0.2, 0.25) is 5.91 Å². The van der Waals surface area contributed by atoms with Gasteiger partial charge in [0.1, 0.15) is 5.75 Å². The van der Waals surface area contributed by atoms with Crippen molar-refractivity contribution in [2.75, 3.05) is 5.32 Å². The van der Waals surface area contributed by atoms with Gasteiger partial charge >= 0.3 is 0 Å². The van der Waals surface area contributed by atoms with Crippen molar-refractivity contribution in [3.63, 3.8) is 0 Å². The van der Waals surface area contributed by atoms with Gasteiger partial charge in [-0.1, -0.05) is 36.0 Å². The Labute approximate surface area is 175 Å². The van der Waals surface area contributed by atoms with Gasteiger partial charge in [0.15, 0.2) is 6.61 Å². The van der Waals surface area contributed by atoms with Crippen molar-refractivity contribution in [1.82, 2.24) is 10.2 Å². The number of nitrogens with zero attached hydrogens (tertiary/aromatic N) is 2. The summed E-state index contributed by atoms with van der Waals surface area (Å²) in [4.78, 5) is 12.5. The van der Waals surface area contributed by atoms with Crippen LogP contribution in [-0.2, 0) is 11.4 Å². The van der Waals surface area contributed by atoms with E-state index in [-0.39, 0.29) is 17.8 Å². The molecule has 1 heterocycles. The van der Waals surface area contributed by atoms with Crippen molar-refractivity contribution >= 4 is 23.4 Å². The Morgan fingerprint density at radius 1 is 1.07 bits per heavy atom. The average molecular weight is 412 g/mol. The van der Waals surface area contributed by atoms with Gasteiger partial charge in [-0.2, -0.15) is 0 Å². The first kappa shape index (κ1) is 20.9. The number of benzene rings is 2. The van der Waals surface area contributed by atoms with Gasteiger partial charge in [-0.05, 0) is 69.0 Å². The topological polar surface area (TPSA) is 77.2 Å². The quantitative estimate of drug-likeness (QED) is 0.551. The molecular formula is C22H25N3O3S. The minimum absolute atomic E-state index is 0.116. The third-order valence-electron chi connectivity index (χ3n) is 4.44. The number of aryl methyl sites for hydroxylation is 4. The van der Waals surface area contributed by atoms with Gasteiger partial charge in [-0.15, -0.1) is 10.2 Å². The molecule has 1 N–H and O–H groups in total. The molecule has 0 aliphatic carbocycles. The summed E-state index contributed by atoms with van der Waals surface area (Å²) in [6.45, 7) is 9.95. The minimum Gasteiger partial charge on any atom is -0.484 e. The third kappa shape index (κ3) is 5.60. The largest absolute Gasteiger partial charge is 0.484 e. The Kier molecular flexibility index (Phi) is 6.59. The fourth-order valence-electron chi connectivity index (χ4n) is 2.66. The summed E-state index contributed by atoms with van der Waals surface area (Å²) in [5.74, 6) is 1.05. The number of hydrogen-bond acceptors (Lipinski definition) is 6. The number of anilines is 1. The highest BCUT2D eigenvalue weighted by molar-refractivity contribution is 8.00. The second kappa shape index (κ2) is 9.13. The second-order valence-corrected chi connectivity index (χ2v) is 8.38. The monoisotopic (exact) mass is 411 g/mol. The molecule has 0 saturated heterocycles. The van der Waals surface area contributed by atoms with E-state index in [4.69, 9.17) is 9.15 Å². The number of thioether (sulfide) groups is 1. The first-order valence-corrected chi connectivity index (χ1v) is 10.3. The van der Waals surface area contributed by atoms with E-state index in [1.807, 2.05) is 71.0 Å². The molecular weight excluding hydrogens is 386 g/mol. The number of carbonyl (C=O) groups excluding carboxylic acids is 1. The van der Waals surface area contributed by atoms with E-state index in [9.17, 15) is 4.79 Å². The number of nitrogens with one attached hydrogen (secondary N) is 1. The molecule has 0 bridgehead atoms. The van der Waals surface area contributed by atoms with Gasteiger partial charge in [0.05, 0.1) is 5.25 Å². The number of carbonyl (C=O) groups is 1. The Morgan fingerprint density at radius 2 is 1.76 bits per heavy atom. The van der Waals surface area contributed by atoms with E-state index in [0.717, 1.165) is 33.7 Å². The fraction of sp³-hybridized carbons (Fsp3) is 0.318. The molecule has 2 aromatic carbocycles. The minimum atomic E-state index is -0.386. The van der Waals surface area contributed by atoms with Crippen LogP contribution in [0.4, 0.5) is 5.69 Å². The molecule has 7 heteroatoms. The summed E-state index contributed by atoms with van der Waals surface area (Å²) in [7, 11) is 0. The molecule has 6 nitrogen and oxygen atoms in total. The molecule has 0 saturated carbocycles. The van der Waals surface area contributed by atoms with E-state index in [1.54, 1.807) is 0 Å². The van der Waals surface area contributed by atoms with E-state index in [1.165, 1.54) is 11.8 Å². The van der Waals surface area contributed by atoms with Gasteiger partial charge in [-0.3, -0.25) is 4.79 Å². The van der Waals surface area contributed by atoms with Gasteiger partial charge in [0, 0.05) is 5.69 Å². The summed E-state index contributed by atoms with van der Waals surface area (Å²) in [5.41, 5.74) is 5.09. The number of aromatic nitrogens is 2. The average Bonchev–Trinajstić information content (AvgIpc) is 3.12. The van der Waals surface area contributed by atoms with Gasteiger partial charge < -0.3 is 14.5 Å². The molecule has 0 aliphatic rings. The summed E-state index contributed by atoms with van der Waals surface area (Å²) in [5, 5.41) is 10.9. The normalized spacial score (nSPS) is 11.9. The van der Waals surface area contributed by atoms with Crippen molar-refractivity contribution < 1.29 is 13.9 Å². The first-order valence-electron chi connectivity index (χ1n) is 9.39. The Bertz CT molecular complexity index is 1020. The van der Waals surface area contributed by atoms with Crippen LogP contribution in [0.25, 0.3) is 0 Å². The molecule has 0 radical (unpaired) electrons. The highest BCUT2D eigenvalue weighted by atomic mass is 32.2. The molecule has 1 amide bonds. The predicted octanol–water partition coefficient (Wildman–Crippen LogP) is 5.00. The van der Waals surface area contributed by atoms with Crippen LogP contribution in [0, 0.1) is 27.7 Å². The lowest BCUT2D eigenvalue weighted by molar-refractivity contribution is -0.115. The van der Waals surface area contributed by atoms with Crippen molar-refractivity contribution in [2.45, 2.75) is 51.7 Å². The van der Waals surface area contributed by atoms with Gasteiger partial charge in [-0.25, -0.2) is 0 Å². The van der Waals surface area contributed by atoms with Crippen LogP contribution in [0.5, 0.6) is 5.75 Å². The highest BCUT2D eigenvalue weighted by Crippen LogP contribution is 2.25. The standard InChI is InChI=1S/C22H25N3O3S/c1-13-6-8-15(3)18(10-13)23-21(26)17(5)29-22-25-24-20(28-22)12-27-19-11-14(2)7-9-16(19)4/h6-11,17H,12H2,1-5H3,(H,23,26). The number of rotatable bonds is 7. The maximum absolute atomic E-state index is 12.5. The van der Waals surface area contributed by atoms with Crippen LogP contribution in [0.15, 0.2) is 46.0 Å². The third-order valence-corrected chi connectivity index (χ3v) is 5.38. The van der Waals surface area contributed by atoms with E-state index in [2.05, 4.69) is 15.5 Å². The second-order valence-electron chi connectivity index (χ2n) is 7.09. The molecule has 0 aliphatic heterocycles. The van der Waals surface area contributed by atoms with Crippen LogP contribution in [0.2, 0.25) is 0 Å². The number of ether oxygens (including phenoxy) is 1. The summed E-state index contributed by atoms with van der Waals surface area (Å²) < 4.78 is 11.4. The fourth-order valence-corrected chi connectivity index (χ4v) is 3.36. The van der Waals surface area contributed by atoms with E-state index >= 15 is 0 Å². The summed E-state index contributed by atoms with van der Waals surface area (Å²) >= 11 is 1.22. The molecule has 1 unspecified atom stereocenters. The summed E-state index contributed by atoms with van der Waals surface area (Å²) in [6, 6.07) is 12.0. The van der Waals surface area contributed by atoms with Crippen LogP contribution < -0.4 is 10.1 Å². The predicted molar refractivity (Wildman–Crippen MR) is 114 cm³/mol. The van der Waals surface area contributed by atoms with Crippen molar-refractivity contribution in [1.29, 1.82) is 0 Å². The van der Waals surface area contributed by atoms with Crippen molar-refractivity contribution in [3.05, 3.63) is 64.5 Å². The van der Waals surface area contributed by atoms with Crippen LogP contribution in [0.1, 0.15) is 35.1 Å². The first-order chi connectivity index (χ1) is 13.8. The van der Waals surface area contributed by atoms with Crippen LogP contribution >= 0.6 is 11.8 Å². The highest BCUT2D eigenvalue weighted by Gasteiger charge is 2.19. The zero-order chi connectivity index (χ0) is 21.0. The Morgan fingerprint density at radius 3 is 2.52 bits per heavy atom.